The molecule has 2 aromatic rings. The zero-order chi connectivity index (χ0) is 18.8. The van der Waals surface area contributed by atoms with Crippen LogP contribution < -0.4 is 15.4 Å². The number of anilines is 1. The quantitative estimate of drug-likeness (QED) is 0.632. The van der Waals surface area contributed by atoms with Crippen molar-refractivity contribution in [3.05, 3.63) is 47.9 Å². The molecule has 0 spiro atoms. The van der Waals surface area contributed by atoms with Crippen LogP contribution in [0.2, 0.25) is 0 Å². The predicted molar refractivity (Wildman–Crippen MR) is 103 cm³/mol. The second-order valence-corrected chi connectivity index (χ2v) is 6.19. The van der Waals surface area contributed by atoms with E-state index in [1.54, 1.807) is 13.2 Å². The van der Waals surface area contributed by atoms with Gasteiger partial charge in [0.1, 0.15) is 23.6 Å². The molecule has 0 bridgehead atoms. The van der Waals surface area contributed by atoms with E-state index in [1.807, 2.05) is 38.4 Å². The molecule has 7 heteroatoms. The maximum atomic E-state index is 12.3. The molecule has 0 aliphatic rings. The van der Waals surface area contributed by atoms with Gasteiger partial charge in [0, 0.05) is 19.2 Å². The first kappa shape index (κ1) is 19.7. The van der Waals surface area contributed by atoms with Crippen molar-refractivity contribution in [3.8, 4) is 5.75 Å². The van der Waals surface area contributed by atoms with E-state index in [0.29, 0.717) is 24.5 Å². The lowest BCUT2D eigenvalue weighted by Crippen LogP contribution is -2.27. The Morgan fingerprint density at radius 1 is 1.19 bits per heavy atom. The number of methoxy groups -OCH3 is 1. The molecule has 1 amide bonds. The zero-order valence-corrected chi connectivity index (χ0v) is 15.7. The summed E-state index contributed by atoms with van der Waals surface area (Å²) in [4.78, 5) is 22.6. The highest BCUT2D eigenvalue weighted by atomic mass is 16.5. The molecule has 26 heavy (non-hydrogen) atoms. The number of nitrogens with zero attached hydrogens (tertiary/aromatic N) is 3. The van der Waals surface area contributed by atoms with E-state index < -0.39 is 0 Å². The van der Waals surface area contributed by atoms with Crippen LogP contribution in [-0.4, -0.2) is 61.6 Å². The first-order valence-corrected chi connectivity index (χ1v) is 8.71. The number of aromatic nitrogens is 2. The molecule has 1 aromatic carbocycles. The van der Waals surface area contributed by atoms with Crippen molar-refractivity contribution in [1.29, 1.82) is 0 Å². The molecule has 2 N–H and O–H groups in total. The minimum absolute atomic E-state index is 0.210. The molecule has 7 nitrogen and oxygen atoms in total. The molecule has 2 rings (SSSR count). The molecule has 1 heterocycles. The van der Waals surface area contributed by atoms with Gasteiger partial charge in [-0.25, -0.2) is 9.97 Å². The summed E-state index contributed by atoms with van der Waals surface area (Å²) in [5.74, 6) is 1.28. The second-order valence-electron chi connectivity index (χ2n) is 6.19. The van der Waals surface area contributed by atoms with Crippen LogP contribution in [0.25, 0.3) is 0 Å². The maximum Gasteiger partial charge on any atom is 0.270 e. The third-order valence-corrected chi connectivity index (χ3v) is 3.86. The van der Waals surface area contributed by atoms with E-state index >= 15 is 0 Å². The van der Waals surface area contributed by atoms with Crippen molar-refractivity contribution in [3.63, 3.8) is 0 Å². The van der Waals surface area contributed by atoms with Gasteiger partial charge < -0.3 is 20.3 Å². The minimum Gasteiger partial charge on any atom is -0.496 e. The number of hydrogen-bond acceptors (Lipinski definition) is 6. The number of amides is 1. The predicted octanol–water partition coefficient (Wildman–Crippen LogP) is 1.82. The summed E-state index contributed by atoms with van der Waals surface area (Å²) in [6.45, 7) is 2.30. The number of carbonyl (C=O) groups is 1. The molecule has 0 fully saturated rings. The van der Waals surface area contributed by atoms with Crippen molar-refractivity contribution < 1.29 is 9.53 Å². The zero-order valence-electron chi connectivity index (χ0n) is 15.7. The Labute approximate surface area is 154 Å². The van der Waals surface area contributed by atoms with Gasteiger partial charge in [-0.15, -0.1) is 0 Å². The number of benzene rings is 1. The average molecular weight is 357 g/mol. The third-order valence-electron chi connectivity index (χ3n) is 3.86. The smallest absolute Gasteiger partial charge is 0.270 e. The van der Waals surface area contributed by atoms with E-state index in [4.69, 9.17) is 4.74 Å². The van der Waals surface area contributed by atoms with Crippen molar-refractivity contribution >= 4 is 11.7 Å². The van der Waals surface area contributed by atoms with Crippen LogP contribution in [0.5, 0.6) is 5.75 Å². The Bertz CT molecular complexity index is 706. The molecule has 1 aromatic heterocycles. The molecule has 0 atom stereocenters. The first-order valence-electron chi connectivity index (χ1n) is 8.71. The number of carbonyl (C=O) groups excluding carboxylic acids is 1. The first-order chi connectivity index (χ1) is 12.6. The number of hydrogen-bond donors (Lipinski definition) is 2. The van der Waals surface area contributed by atoms with E-state index in [-0.39, 0.29) is 5.91 Å². The van der Waals surface area contributed by atoms with Gasteiger partial charge >= 0.3 is 0 Å². The molecule has 140 valence electrons. The van der Waals surface area contributed by atoms with Crippen LogP contribution in [0.4, 0.5) is 5.82 Å². The number of nitrogens with one attached hydrogen (secondary N) is 2. The SMILES string of the molecule is COc1ccccc1CCNC(=O)c1cc(NCCCN(C)C)ncn1. The lowest BCUT2D eigenvalue weighted by atomic mass is 10.1. The van der Waals surface area contributed by atoms with Crippen LogP contribution in [0.3, 0.4) is 0 Å². The molecule has 0 aliphatic carbocycles. The maximum absolute atomic E-state index is 12.3. The van der Waals surface area contributed by atoms with Gasteiger partial charge in [-0.3, -0.25) is 4.79 Å². The molecule has 0 radical (unpaired) electrons. The fourth-order valence-corrected chi connectivity index (χ4v) is 2.50. The summed E-state index contributed by atoms with van der Waals surface area (Å²) < 4.78 is 5.32. The van der Waals surface area contributed by atoms with Gasteiger partial charge in [-0.1, -0.05) is 18.2 Å². The second kappa shape index (κ2) is 10.4. The highest BCUT2D eigenvalue weighted by molar-refractivity contribution is 5.92. The van der Waals surface area contributed by atoms with Gasteiger partial charge in [-0.2, -0.15) is 0 Å². The summed E-state index contributed by atoms with van der Waals surface area (Å²) in [7, 11) is 5.72. The van der Waals surface area contributed by atoms with Crippen LogP contribution in [0.1, 0.15) is 22.5 Å². The number of rotatable bonds is 10. The average Bonchev–Trinajstić information content (AvgIpc) is 2.65. The lowest BCUT2D eigenvalue weighted by molar-refractivity contribution is 0.0949. The molecule has 0 aliphatic heterocycles. The van der Waals surface area contributed by atoms with E-state index in [2.05, 4.69) is 25.5 Å². The van der Waals surface area contributed by atoms with Gasteiger partial charge in [0.15, 0.2) is 0 Å². The Kier molecular flexibility index (Phi) is 7.82. The van der Waals surface area contributed by atoms with Gasteiger partial charge in [-0.05, 0) is 45.1 Å². The summed E-state index contributed by atoms with van der Waals surface area (Å²) in [5, 5.41) is 6.11. The molecule has 0 unspecified atom stereocenters. The van der Waals surface area contributed by atoms with Crippen molar-refractivity contribution in [2.45, 2.75) is 12.8 Å². The Hall–Kier alpha value is -2.67. The van der Waals surface area contributed by atoms with Gasteiger partial charge in [0.25, 0.3) is 5.91 Å². The van der Waals surface area contributed by atoms with Crippen LogP contribution in [0.15, 0.2) is 36.7 Å². The standard InChI is InChI=1S/C19H27N5O2/c1-24(2)12-6-10-20-18-13-16(22-14-23-18)19(25)21-11-9-15-7-4-5-8-17(15)26-3/h4-5,7-8,13-14H,6,9-12H2,1-3H3,(H,21,25)(H,20,22,23). The topological polar surface area (TPSA) is 79.4 Å². The summed E-state index contributed by atoms with van der Waals surface area (Å²) in [5.41, 5.74) is 1.41. The summed E-state index contributed by atoms with van der Waals surface area (Å²) in [6, 6.07) is 9.46. The Balaban J connectivity index is 1.82. The van der Waals surface area contributed by atoms with Crippen LogP contribution in [-0.2, 0) is 6.42 Å². The van der Waals surface area contributed by atoms with Gasteiger partial charge in [0.05, 0.1) is 7.11 Å². The van der Waals surface area contributed by atoms with Crippen LogP contribution >= 0.6 is 0 Å². The van der Waals surface area contributed by atoms with Crippen LogP contribution in [0, 0.1) is 0 Å². The number of para-hydroxylation sites is 1. The number of ether oxygens (including phenoxy) is 1. The van der Waals surface area contributed by atoms with Crippen molar-refractivity contribution in [1.82, 2.24) is 20.2 Å². The fraction of sp³-hybridized carbons (Fsp3) is 0.421. The van der Waals surface area contributed by atoms with Crippen molar-refractivity contribution in [2.75, 3.05) is 46.2 Å². The minimum atomic E-state index is -0.210. The summed E-state index contributed by atoms with van der Waals surface area (Å²) in [6.07, 6.45) is 3.09. The van der Waals surface area contributed by atoms with E-state index in [0.717, 1.165) is 30.8 Å². The molecule has 0 saturated carbocycles. The van der Waals surface area contributed by atoms with E-state index in [1.165, 1.54) is 6.33 Å². The lowest BCUT2D eigenvalue weighted by Gasteiger charge is -2.11. The molecular weight excluding hydrogens is 330 g/mol. The molecule has 0 saturated heterocycles. The van der Waals surface area contributed by atoms with Gasteiger partial charge in [0.2, 0.25) is 0 Å². The summed E-state index contributed by atoms with van der Waals surface area (Å²) >= 11 is 0. The highest BCUT2D eigenvalue weighted by Crippen LogP contribution is 2.17. The monoisotopic (exact) mass is 357 g/mol. The molecular formula is C19H27N5O2. The Morgan fingerprint density at radius 3 is 2.77 bits per heavy atom. The highest BCUT2D eigenvalue weighted by Gasteiger charge is 2.09. The van der Waals surface area contributed by atoms with E-state index in [9.17, 15) is 4.79 Å². The largest absolute Gasteiger partial charge is 0.496 e. The third kappa shape index (κ3) is 6.33. The Morgan fingerprint density at radius 2 is 2.00 bits per heavy atom. The normalized spacial score (nSPS) is 10.6. The fourth-order valence-electron chi connectivity index (χ4n) is 2.50. The van der Waals surface area contributed by atoms with Crippen molar-refractivity contribution in [2.24, 2.45) is 0 Å².